The van der Waals surface area contributed by atoms with E-state index in [2.05, 4.69) is 15.4 Å². The number of nitrogens with one attached hydrogen (secondary N) is 1. The van der Waals surface area contributed by atoms with E-state index in [1.165, 1.54) is 0 Å². The van der Waals surface area contributed by atoms with Gasteiger partial charge in [0.2, 0.25) is 0 Å². The Bertz CT molecular complexity index is 1010. The molecule has 3 aromatic heterocycles. The molecule has 0 bridgehead atoms. The Balaban J connectivity index is 1.57. The highest BCUT2D eigenvalue weighted by molar-refractivity contribution is 6.03. The third kappa shape index (κ3) is 3.05. The van der Waals surface area contributed by atoms with Crippen LogP contribution in [-0.4, -0.2) is 37.2 Å². The molecule has 3 heterocycles. The van der Waals surface area contributed by atoms with Crippen molar-refractivity contribution in [2.24, 2.45) is 5.92 Å². The molecule has 0 aromatic carbocycles. The third-order valence-corrected chi connectivity index (χ3v) is 5.97. The number of fused-ring (bicyclic) bond motifs is 1. The minimum Gasteiger partial charge on any atom is -0.396 e. The minimum atomic E-state index is -0.222. The molecule has 2 fully saturated rings. The van der Waals surface area contributed by atoms with E-state index in [-0.39, 0.29) is 24.3 Å². The molecule has 144 valence electrons. The summed E-state index contributed by atoms with van der Waals surface area (Å²) in [6.45, 7) is 0.170. The lowest BCUT2D eigenvalue weighted by atomic mass is 9.93. The van der Waals surface area contributed by atoms with Gasteiger partial charge in [-0.2, -0.15) is 9.61 Å². The molecule has 3 aromatic rings. The summed E-state index contributed by atoms with van der Waals surface area (Å²) < 4.78 is 1.73. The number of aliphatic hydroxyl groups is 1. The molecule has 2 saturated carbocycles. The molecular weight excluding hydrogens is 354 g/mol. The predicted octanol–water partition coefficient (Wildman–Crippen LogP) is 3.13. The van der Waals surface area contributed by atoms with Gasteiger partial charge in [-0.1, -0.05) is 6.42 Å². The Hall–Kier alpha value is -2.80. The van der Waals surface area contributed by atoms with Gasteiger partial charge in [-0.15, -0.1) is 0 Å². The highest BCUT2D eigenvalue weighted by Crippen LogP contribution is 2.43. The quantitative estimate of drug-likeness (QED) is 0.713. The zero-order valence-corrected chi connectivity index (χ0v) is 15.6. The fraction of sp³-hybridized carbons (Fsp3) is 0.429. The maximum atomic E-state index is 12.7. The molecule has 7 nitrogen and oxygen atoms in total. The smallest absolute Gasteiger partial charge is 0.258 e. The number of aliphatic hydroxyl groups excluding tert-OH is 1. The zero-order valence-electron chi connectivity index (χ0n) is 15.6. The number of pyridine rings is 1. The van der Waals surface area contributed by atoms with Crippen LogP contribution in [0.5, 0.6) is 0 Å². The van der Waals surface area contributed by atoms with Gasteiger partial charge in [0.15, 0.2) is 5.65 Å². The van der Waals surface area contributed by atoms with Gasteiger partial charge < -0.3 is 10.4 Å². The minimum absolute atomic E-state index is 0.170. The number of anilines is 1. The van der Waals surface area contributed by atoms with Gasteiger partial charge in [0.1, 0.15) is 5.82 Å². The van der Waals surface area contributed by atoms with Crippen LogP contribution in [0.25, 0.3) is 5.65 Å². The van der Waals surface area contributed by atoms with Gasteiger partial charge in [0.25, 0.3) is 5.91 Å². The van der Waals surface area contributed by atoms with Crippen molar-refractivity contribution >= 4 is 17.4 Å². The molecule has 5 rings (SSSR count). The second-order valence-electron chi connectivity index (χ2n) is 7.85. The molecule has 1 amide bonds. The second-order valence-corrected chi connectivity index (χ2v) is 7.85. The second kappa shape index (κ2) is 6.98. The Morgan fingerprint density at radius 2 is 2.14 bits per heavy atom. The van der Waals surface area contributed by atoms with Crippen molar-refractivity contribution in [1.29, 1.82) is 0 Å². The van der Waals surface area contributed by atoms with Crippen LogP contribution >= 0.6 is 0 Å². The van der Waals surface area contributed by atoms with E-state index in [1.807, 2.05) is 12.3 Å². The molecule has 28 heavy (non-hydrogen) atoms. The molecule has 0 spiro atoms. The van der Waals surface area contributed by atoms with Crippen LogP contribution in [0.4, 0.5) is 5.82 Å². The van der Waals surface area contributed by atoms with E-state index in [1.54, 1.807) is 29.0 Å². The van der Waals surface area contributed by atoms with Crippen LogP contribution in [0.3, 0.4) is 0 Å². The highest BCUT2D eigenvalue weighted by Gasteiger charge is 2.32. The van der Waals surface area contributed by atoms with Crippen LogP contribution in [0.1, 0.15) is 65.6 Å². The van der Waals surface area contributed by atoms with E-state index in [0.29, 0.717) is 17.3 Å². The average molecular weight is 377 g/mol. The Labute approximate surface area is 162 Å². The molecule has 0 aliphatic heterocycles. The topological polar surface area (TPSA) is 92.4 Å². The molecule has 2 N–H and O–H groups in total. The van der Waals surface area contributed by atoms with Crippen LogP contribution in [0.15, 0.2) is 36.8 Å². The first-order valence-corrected chi connectivity index (χ1v) is 9.95. The van der Waals surface area contributed by atoms with Crippen LogP contribution < -0.4 is 5.32 Å². The third-order valence-electron chi connectivity index (χ3n) is 5.97. The number of aromatic nitrogens is 4. The van der Waals surface area contributed by atoms with Gasteiger partial charge in [0.05, 0.1) is 17.5 Å². The van der Waals surface area contributed by atoms with E-state index in [0.717, 1.165) is 49.0 Å². The zero-order chi connectivity index (χ0) is 19.1. The van der Waals surface area contributed by atoms with Crippen molar-refractivity contribution in [3.05, 3.63) is 53.6 Å². The first kappa shape index (κ1) is 17.3. The molecule has 2 atom stereocenters. The lowest BCUT2D eigenvalue weighted by Crippen LogP contribution is -2.18. The van der Waals surface area contributed by atoms with Crippen molar-refractivity contribution in [2.45, 2.75) is 43.9 Å². The normalized spacial score (nSPS) is 21.9. The average Bonchev–Trinajstić information content (AvgIpc) is 3.29. The summed E-state index contributed by atoms with van der Waals surface area (Å²) in [6, 6.07) is 5.40. The molecule has 7 heteroatoms. The fourth-order valence-electron chi connectivity index (χ4n) is 4.29. The van der Waals surface area contributed by atoms with Crippen LogP contribution in [-0.2, 0) is 0 Å². The van der Waals surface area contributed by atoms with E-state index in [4.69, 9.17) is 4.98 Å². The Morgan fingerprint density at radius 3 is 2.89 bits per heavy atom. The highest BCUT2D eigenvalue weighted by atomic mass is 16.3. The monoisotopic (exact) mass is 377 g/mol. The van der Waals surface area contributed by atoms with Gasteiger partial charge in [-0.25, -0.2) is 4.98 Å². The summed E-state index contributed by atoms with van der Waals surface area (Å²) in [5, 5.41) is 17.3. The molecule has 0 saturated heterocycles. The van der Waals surface area contributed by atoms with Crippen molar-refractivity contribution in [1.82, 2.24) is 19.6 Å². The van der Waals surface area contributed by atoms with Gasteiger partial charge >= 0.3 is 0 Å². The summed E-state index contributed by atoms with van der Waals surface area (Å²) in [6.07, 6.45) is 10.5. The predicted molar refractivity (Wildman–Crippen MR) is 104 cm³/mol. The lowest BCUT2D eigenvalue weighted by molar-refractivity contribution is 0.102. The first-order chi connectivity index (χ1) is 13.7. The van der Waals surface area contributed by atoms with Gasteiger partial charge in [-0.05, 0) is 49.7 Å². The number of nitrogens with zero attached hydrogens (tertiary/aromatic N) is 4. The molecule has 2 aliphatic rings. The summed E-state index contributed by atoms with van der Waals surface area (Å²) in [5.74, 6) is 1.35. The summed E-state index contributed by atoms with van der Waals surface area (Å²) in [5.41, 5.74) is 3.41. The number of amides is 1. The Kier molecular flexibility index (Phi) is 4.31. The van der Waals surface area contributed by atoms with Gasteiger partial charge in [0, 0.05) is 36.5 Å². The maximum Gasteiger partial charge on any atom is 0.258 e. The van der Waals surface area contributed by atoms with Crippen molar-refractivity contribution in [2.75, 3.05) is 11.9 Å². The van der Waals surface area contributed by atoms with E-state index >= 15 is 0 Å². The van der Waals surface area contributed by atoms with E-state index in [9.17, 15) is 9.90 Å². The first-order valence-electron chi connectivity index (χ1n) is 9.95. The maximum absolute atomic E-state index is 12.7. The summed E-state index contributed by atoms with van der Waals surface area (Å²) in [4.78, 5) is 21.7. The number of rotatable bonds is 5. The van der Waals surface area contributed by atoms with Crippen molar-refractivity contribution < 1.29 is 9.90 Å². The largest absolute Gasteiger partial charge is 0.396 e. The Morgan fingerprint density at radius 1 is 1.25 bits per heavy atom. The molecular formula is C21H23N5O2. The van der Waals surface area contributed by atoms with Crippen molar-refractivity contribution in [3.63, 3.8) is 0 Å². The van der Waals surface area contributed by atoms with Gasteiger partial charge in [-0.3, -0.25) is 9.78 Å². The molecule has 2 aliphatic carbocycles. The number of carbonyl (C=O) groups is 1. The summed E-state index contributed by atoms with van der Waals surface area (Å²) in [7, 11) is 0. The standard InChI is InChI=1S/C21H23N5O2/c27-12-15-3-1-5-16(15)18-9-19(25-21(28)14-4-2-8-22-10-14)26-20(24-18)17(11-23-26)13-6-7-13/h2,4,8-11,13,15-16,27H,1,3,5-7,12H2,(H,25,28)/t15-,16?/m0/s1. The van der Waals surface area contributed by atoms with Crippen LogP contribution in [0.2, 0.25) is 0 Å². The summed E-state index contributed by atoms with van der Waals surface area (Å²) >= 11 is 0. The fourth-order valence-corrected chi connectivity index (χ4v) is 4.29. The van der Waals surface area contributed by atoms with Crippen LogP contribution in [0, 0.1) is 5.92 Å². The SMILES string of the molecule is O=C(Nc1cc(C2CCC[C@H]2CO)nc2c(C3CC3)cnn12)c1cccnc1. The molecule has 1 unspecified atom stereocenters. The molecule has 0 radical (unpaired) electrons. The van der Waals surface area contributed by atoms with Crippen molar-refractivity contribution in [3.8, 4) is 0 Å². The lowest BCUT2D eigenvalue weighted by Gasteiger charge is -2.18. The number of carbonyl (C=O) groups excluding carboxylic acids is 1. The number of hydrogen-bond acceptors (Lipinski definition) is 5. The number of hydrogen-bond donors (Lipinski definition) is 2. The van der Waals surface area contributed by atoms with E-state index < -0.39 is 0 Å².